The maximum absolute atomic E-state index is 12.0. The van der Waals surface area contributed by atoms with Crippen LogP contribution in [0, 0.1) is 0 Å². The van der Waals surface area contributed by atoms with E-state index < -0.39 is 0 Å². The van der Waals surface area contributed by atoms with Crippen LogP contribution < -0.4 is 15.4 Å². The molecule has 1 aliphatic heterocycles. The van der Waals surface area contributed by atoms with Crippen molar-refractivity contribution in [1.29, 1.82) is 0 Å². The number of carbonyl (C=O) groups is 2. The summed E-state index contributed by atoms with van der Waals surface area (Å²) in [5, 5.41) is 0. The number of hydrogen-bond acceptors (Lipinski definition) is 5. The molecule has 0 saturated carbocycles. The van der Waals surface area contributed by atoms with Gasteiger partial charge in [0.05, 0.1) is 12.2 Å². The molecule has 2 N–H and O–H groups in total. The summed E-state index contributed by atoms with van der Waals surface area (Å²) in [5.74, 6) is 0.172. The van der Waals surface area contributed by atoms with Crippen LogP contribution in [0.1, 0.15) is 40.2 Å². The first-order valence-electron chi connectivity index (χ1n) is 8.00. The number of aryl methyl sites for hydroxylation is 1. The molecule has 126 valence electrons. The highest BCUT2D eigenvalue weighted by Gasteiger charge is 2.26. The van der Waals surface area contributed by atoms with E-state index in [9.17, 15) is 9.59 Å². The fourth-order valence-electron chi connectivity index (χ4n) is 2.41. The largest absolute Gasteiger partial charge is 0.490 e. The topological polar surface area (TPSA) is 72.6 Å². The summed E-state index contributed by atoms with van der Waals surface area (Å²) in [4.78, 5) is 25.3. The third kappa shape index (κ3) is 4.12. The summed E-state index contributed by atoms with van der Waals surface area (Å²) in [6, 6.07) is 5.86. The van der Waals surface area contributed by atoms with E-state index >= 15 is 0 Å². The summed E-state index contributed by atoms with van der Waals surface area (Å²) in [5.41, 5.74) is 8.01. The summed E-state index contributed by atoms with van der Waals surface area (Å²) in [7, 11) is 0. The summed E-state index contributed by atoms with van der Waals surface area (Å²) in [6.07, 6.45) is 0.877. The van der Waals surface area contributed by atoms with Crippen molar-refractivity contribution < 1.29 is 14.3 Å². The second-order valence-corrected chi connectivity index (χ2v) is 5.03. The first-order valence-corrected chi connectivity index (χ1v) is 8.00. The van der Waals surface area contributed by atoms with E-state index in [1.165, 1.54) is 13.8 Å². The number of anilines is 1. The Bertz CT molecular complexity index is 621. The Morgan fingerprint density at radius 1 is 1.22 bits per heavy atom. The van der Waals surface area contributed by atoms with Gasteiger partial charge >= 0.3 is 0 Å². The number of benzene rings is 1. The van der Waals surface area contributed by atoms with Crippen LogP contribution in [0.4, 0.5) is 5.69 Å². The Hall–Kier alpha value is -2.30. The Morgan fingerprint density at radius 3 is 2.39 bits per heavy atom. The zero-order valence-corrected chi connectivity index (χ0v) is 14.6. The van der Waals surface area contributed by atoms with Crippen LogP contribution in [0.15, 0.2) is 29.6 Å². The highest BCUT2D eigenvalue weighted by molar-refractivity contribution is 6.06. The molecule has 0 saturated heterocycles. The predicted octanol–water partition coefficient (Wildman–Crippen LogP) is 2.82. The molecule has 0 aliphatic carbocycles. The van der Waals surface area contributed by atoms with Crippen molar-refractivity contribution in [2.24, 2.45) is 5.73 Å². The molecular weight excluding hydrogens is 292 g/mol. The lowest BCUT2D eigenvalue weighted by Gasteiger charge is -2.33. The second kappa shape index (κ2) is 8.36. The van der Waals surface area contributed by atoms with Gasteiger partial charge in [-0.3, -0.25) is 9.59 Å². The molecule has 0 spiro atoms. The summed E-state index contributed by atoms with van der Waals surface area (Å²) in [6.45, 7) is 9.77. The van der Waals surface area contributed by atoms with E-state index in [0.717, 1.165) is 17.7 Å². The number of hydrogen-bond donors (Lipinski definition) is 1. The molecule has 1 aliphatic rings. The van der Waals surface area contributed by atoms with Gasteiger partial charge in [0.2, 0.25) is 0 Å². The molecule has 2 rings (SSSR count). The monoisotopic (exact) mass is 318 g/mol. The molecule has 0 amide bonds. The summed E-state index contributed by atoms with van der Waals surface area (Å²) < 4.78 is 5.62. The number of allylic oxidation sites excluding steroid dienone is 2. The van der Waals surface area contributed by atoms with Crippen molar-refractivity contribution in [2.75, 3.05) is 18.1 Å². The Kier molecular flexibility index (Phi) is 6.82. The third-order valence-electron chi connectivity index (χ3n) is 3.53. The molecule has 1 heterocycles. The second-order valence-electron chi connectivity index (χ2n) is 5.03. The minimum atomic E-state index is -0.306. The fraction of sp³-hybridized carbons (Fsp3) is 0.444. The molecule has 0 bridgehead atoms. The van der Waals surface area contributed by atoms with Crippen molar-refractivity contribution in [3.63, 3.8) is 0 Å². The minimum absolute atomic E-state index is 0.00254. The van der Waals surface area contributed by atoms with Gasteiger partial charge < -0.3 is 15.4 Å². The van der Waals surface area contributed by atoms with Gasteiger partial charge in [0.15, 0.2) is 11.6 Å². The summed E-state index contributed by atoms with van der Waals surface area (Å²) >= 11 is 0. The van der Waals surface area contributed by atoms with Crippen LogP contribution >= 0.6 is 0 Å². The van der Waals surface area contributed by atoms with Gasteiger partial charge in [-0.2, -0.15) is 0 Å². The van der Waals surface area contributed by atoms with Gasteiger partial charge in [0.1, 0.15) is 23.8 Å². The quantitative estimate of drug-likeness (QED) is 0.864. The van der Waals surface area contributed by atoms with Gasteiger partial charge in [-0.1, -0.05) is 26.8 Å². The Labute approximate surface area is 138 Å². The van der Waals surface area contributed by atoms with Crippen LogP contribution in [0.3, 0.4) is 0 Å². The average Bonchev–Trinajstić information content (AvgIpc) is 2.56. The molecule has 23 heavy (non-hydrogen) atoms. The van der Waals surface area contributed by atoms with Crippen molar-refractivity contribution in [3.8, 4) is 5.75 Å². The number of nitrogens with two attached hydrogens (primary N) is 1. The molecule has 0 aromatic heterocycles. The molecule has 1 aromatic rings. The third-order valence-corrected chi connectivity index (χ3v) is 3.53. The zero-order chi connectivity index (χ0) is 17.6. The number of ketones is 2. The van der Waals surface area contributed by atoms with E-state index in [2.05, 4.69) is 6.92 Å². The van der Waals surface area contributed by atoms with Crippen molar-refractivity contribution in [1.82, 2.24) is 0 Å². The van der Waals surface area contributed by atoms with Gasteiger partial charge in [0.25, 0.3) is 0 Å². The Morgan fingerprint density at radius 2 is 1.87 bits per heavy atom. The van der Waals surface area contributed by atoms with Crippen molar-refractivity contribution in [3.05, 3.63) is 35.2 Å². The van der Waals surface area contributed by atoms with Gasteiger partial charge in [0, 0.05) is 13.8 Å². The first kappa shape index (κ1) is 18.7. The standard InChI is InChI=1S/C16H20N2O3.C2H6/c1-4-12-5-6-14-13(9-12)18(7-8-21-14)16(11(3)20)15(17)10(2)19;1-2/h5-6,9H,4,7-8,17H2,1-3H3;1-2H3/b16-15-;. The number of nitrogens with zero attached hydrogens (tertiary/aromatic N) is 1. The minimum Gasteiger partial charge on any atom is -0.490 e. The van der Waals surface area contributed by atoms with Crippen molar-refractivity contribution >= 4 is 17.3 Å². The lowest BCUT2D eigenvalue weighted by Crippen LogP contribution is -2.37. The zero-order valence-electron chi connectivity index (χ0n) is 14.6. The highest BCUT2D eigenvalue weighted by atomic mass is 16.5. The van der Waals surface area contributed by atoms with Gasteiger partial charge in [-0.05, 0) is 24.1 Å². The normalized spacial score (nSPS) is 13.9. The van der Waals surface area contributed by atoms with E-state index in [1.807, 2.05) is 32.0 Å². The van der Waals surface area contributed by atoms with Gasteiger partial charge in [-0.25, -0.2) is 0 Å². The highest BCUT2D eigenvalue weighted by Crippen LogP contribution is 2.35. The van der Waals surface area contributed by atoms with Gasteiger partial charge in [-0.15, -0.1) is 0 Å². The molecule has 0 fully saturated rings. The SMILES string of the molecule is CC.CCc1ccc2c(c1)N(/C(C(C)=O)=C(\N)C(C)=O)CCO2. The van der Waals surface area contributed by atoms with Crippen LogP contribution in [0.25, 0.3) is 0 Å². The number of rotatable bonds is 4. The lowest BCUT2D eigenvalue weighted by atomic mass is 10.1. The van der Waals surface area contributed by atoms with Crippen LogP contribution in [-0.4, -0.2) is 24.7 Å². The van der Waals surface area contributed by atoms with Crippen LogP contribution in [0.5, 0.6) is 5.75 Å². The number of Topliss-reactive ketones (excluding diaryl/α,β-unsaturated/α-hetero) is 2. The average molecular weight is 318 g/mol. The Balaban J connectivity index is 0.00000127. The number of carbonyl (C=O) groups excluding carboxylic acids is 2. The van der Waals surface area contributed by atoms with E-state index in [0.29, 0.717) is 18.9 Å². The number of fused-ring (bicyclic) bond motifs is 1. The lowest BCUT2D eigenvalue weighted by molar-refractivity contribution is -0.116. The van der Waals surface area contributed by atoms with E-state index in [1.54, 1.807) is 4.90 Å². The maximum atomic E-state index is 12.0. The first-order chi connectivity index (χ1) is 11.0. The van der Waals surface area contributed by atoms with E-state index in [-0.39, 0.29) is 23.0 Å². The molecule has 0 atom stereocenters. The fourth-order valence-corrected chi connectivity index (χ4v) is 2.41. The molecule has 0 unspecified atom stereocenters. The smallest absolute Gasteiger partial charge is 0.178 e. The maximum Gasteiger partial charge on any atom is 0.178 e. The molecule has 5 nitrogen and oxygen atoms in total. The number of ether oxygens (including phenoxy) is 1. The van der Waals surface area contributed by atoms with Crippen LogP contribution in [0.2, 0.25) is 0 Å². The van der Waals surface area contributed by atoms with E-state index in [4.69, 9.17) is 10.5 Å². The molecule has 1 aromatic carbocycles. The van der Waals surface area contributed by atoms with Crippen molar-refractivity contribution in [2.45, 2.75) is 41.0 Å². The molecule has 0 radical (unpaired) electrons. The molecular formula is C18H26N2O3. The molecule has 5 heteroatoms. The van der Waals surface area contributed by atoms with Crippen LogP contribution in [-0.2, 0) is 16.0 Å². The predicted molar refractivity (Wildman–Crippen MR) is 92.6 cm³/mol.